The van der Waals surface area contributed by atoms with Crippen molar-refractivity contribution < 1.29 is 34.4 Å². The molecule has 1 rings (SSSR count). The van der Waals surface area contributed by atoms with E-state index in [1.807, 2.05) is 13.8 Å². The Morgan fingerprint density at radius 1 is 0.969 bits per heavy atom. The predicted octanol–water partition coefficient (Wildman–Crippen LogP) is 1.93. The molecule has 3 unspecified atom stereocenters. The van der Waals surface area contributed by atoms with Crippen molar-refractivity contribution in [2.75, 3.05) is 39.6 Å². The molecule has 0 aromatic heterocycles. The number of Topliss-reactive ketones (excluding diaryl/α,β-unsaturated/α-hetero) is 1. The Labute approximate surface area is 192 Å². The van der Waals surface area contributed by atoms with E-state index in [4.69, 9.17) is 9.84 Å². The molecule has 32 heavy (non-hydrogen) atoms. The molecule has 0 spiro atoms. The fourth-order valence-corrected chi connectivity index (χ4v) is 4.34. The molecule has 1 aliphatic rings. The lowest BCUT2D eigenvalue weighted by molar-refractivity contribution is -0.140. The molecule has 1 saturated heterocycles. The third kappa shape index (κ3) is 10.1. The van der Waals surface area contributed by atoms with Gasteiger partial charge in [0.15, 0.2) is 0 Å². The average molecular weight is 458 g/mol. The fraction of sp³-hybridized carbons (Fsp3) is 0.875. The molecule has 1 heterocycles. The van der Waals surface area contributed by atoms with Gasteiger partial charge in [0.05, 0.1) is 0 Å². The van der Waals surface area contributed by atoms with Gasteiger partial charge in [-0.15, -0.1) is 0 Å². The summed E-state index contributed by atoms with van der Waals surface area (Å²) in [5.41, 5.74) is 0. The van der Waals surface area contributed by atoms with Crippen molar-refractivity contribution in [1.29, 1.82) is 0 Å². The molecule has 3 N–H and O–H groups in total. The van der Waals surface area contributed by atoms with Crippen LogP contribution in [-0.2, 0) is 19.1 Å². The third-order valence-corrected chi connectivity index (χ3v) is 6.42. The van der Waals surface area contributed by atoms with Crippen LogP contribution < -0.4 is 0 Å². The number of rotatable bonds is 19. The first-order valence-corrected chi connectivity index (χ1v) is 12.1. The number of nitrogens with zero attached hydrogens (tertiary/aromatic N) is 1. The Morgan fingerprint density at radius 2 is 1.66 bits per heavy atom. The van der Waals surface area contributed by atoms with Gasteiger partial charge in [-0.25, -0.2) is 0 Å². The summed E-state index contributed by atoms with van der Waals surface area (Å²) in [6.45, 7) is 5.29. The van der Waals surface area contributed by atoms with Crippen LogP contribution in [0.15, 0.2) is 0 Å². The van der Waals surface area contributed by atoms with Crippen LogP contribution in [0.5, 0.6) is 0 Å². The van der Waals surface area contributed by atoms with E-state index >= 15 is 0 Å². The molecule has 0 bridgehead atoms. The van der Waals surface area contributed by atoms with Gasteiger partial charge in [-0.2, -0.15) is 0 Å². The van der Waals surface area contributed by atoms with Crippen LogP contribution in [0, 0.1) is 23.7 Å². The van der Waals surface area contributed by atoms with Gasteiger partial charge in [0.25, 0.3) is 0 Å². The van der Waals surface area contributed by atoms with E-state index < -0.39 is 0 Å². The highest BCUT2D eigenvalue weighted by atomic mass is 16.5. The van der Waals surface area contributed by atoms with Crippen molar-refractivity contribution in [2.45, 2.75) is 71.6 Å². The van der Waals surface area contributed by atoms with Crippen LogP contribution in [0.1, 0.15) is 71.6 Å². The van der Waals surface area contributed by atoms with Crippen molar-refractivity contribution in [3.63, 3.8) is 0 Å². The van der Waals surface area contributed by atoms with Crippen molar-refractivity contribution in [3.05, 3.63) is 0 Å². The zero-order chi connectivity index (χ0) is 23.9. The van der Waals surface area contributed by atoms with Gasteiger partial charge in [0.1, 0.15) is 5.78 Å². The van der Waals surface area contributed by atoms with Gasteiger partial charge in [0, 0.05) is 64.8 Å². The number of ketones is 1. The second-order valence-corrected chi connectivity index (χ2v) is 9.17. The topological polar surface area (TPSA) is 124 Å². The second kappa shape index (κ2) is 16.3. The number of unbranched alkanes of at least 4 members (excludes halogenated alkanes) is 1. The van der Waals surface area contributed by atoms with Crippen LogP contribution >= 0.6 is 0 Å². The van der Waals surface area contributed by atoms with Gasteiger partial charge in [-0.1, -0.05) is 13.8 Å². The Morgan fingerprint density at radius 3 is 2.25 bits per heavy atom. The lowest BCUT2D eigenvalue weighted by Gasteiger charge is -2.26. The highest BCUT2D eigenvalue weighted by Crippen LogP contribution is 2.27. The molecule has 0 saturated carbocycles. The Hall–Kier alpha value is -1.35. The molecule has 1 aliphatic heterocycles. The lowest BCUT2D eigenvalue weighted by atomic mass is 9.84. The zero-order valence-electron chi connectivity index (χ0n) is 19.8. The van der Waals surface area contributed by atoms with Crippen molar-refractivity contribution >= 4 is 17.6 Å². The number of likely N-dealkylation sites (tertiary alicyclic amines) is 1. The molecule has 1 fully saturated rings. The van der Waals surface area contributed by atoms with Crippen LogP contribution in [-0.4, -0.2) is 77.4 Å². The molecule has 2 amide bonds. The van der Waals surface area contributed by atoms with E-state index in [0.29, 0.717) is 45.3 Å². The van der Waals surface area contributed by atoms with E-state index in [1.165, 1.54) is 4.90 Å². The first-order chi connectivity index (χ1) is 15.3. The monoisotopic (exact) mass is 457 g/mol. The summed E-state index contributed by atoms with van der Waals surface area (Å²) < 4.78 is 5.78. The lowest BCUT2D eigenvalue weighted by Crippen LogP contribution is -2.33. The molecule has 0 radical (unpaired) electrons. The molecule has 3 atom stereocenters. The number of ether oxygens (including phenoxy) is 1. The van der Waals surface area contributed by atoms with Gasteiger partial charge >= 0.3 is 0 Å². The van der Waals surface area contributed by atoms with Crippen molar-refractivity contribution in [1.82, 2.24) is 4.90 Å². The maximum atomic E-state index is 12.3. The first kappa shape index (κ1) is 28.7. The van der Waals surface area contributed by atoms with Crippen LogP contribution in [0.2, 0.25) is 0 Å². The molecule has 186 valence electrons. The first-order valence-electron chi connectivity index (χ1n) is 12.1. The minimum Gasteiger partial charge on any atom is -0.396 e. The molecule has 8 nitrogen and oxygen atoms in total. The normalized spacial score (nSPS) is 18.6. The minimum atomic E-state index is -0.259. The molecule has 0 aromatic rings. The van der Waals surface area contributed by atoms with E-state index in [9.17, 15) is 24.6 Å². The molecular weight excluding hydrogens is 414 g/mol. The summed E-state index contributed by atoms with van der Waals surface area (Å²) in [6.07, 6.45) is 4.95. The number of carbonyl (C=O) groups excluding carboxylic acids is 3. The predicted molar refractivity (Wildman–Crippen MR) is 121 cm³/mol. The van der Waals surface area contributed by atoms with Gasteiger partial charge in [-0.05, 0) is 56.3 Å². The van der Waals surface area contributed by atoms with Gasteiger partial charge < -0.3 is 20.1 Å². The second-order valence-electron chi connectivity index (χ2n) is 9.17. The van der Waals surface area contributed by atoms with E-state index in [1.54, 1.807) is 0 Å². The number of hydrogen-bond acceptors (Lipinski definition) is 7. The largest absolute Gasteiger partial charge is 0.396 e. The smallest absolute Gasteiger partial charge is 0.233 e. The summed E-state index contributed by atoms with van der Waals surface area (Å²) in [5.74, 6) is -0.0859. The molecule has 0 aliphatic carbocycles. The maximum Gasteiger partial charge on any atom is 0.233 e. The number of aliphatic hydroxyl groups is 3. The SMILES string of the molecule is CC(C)C1CC(=O)N(CCC(=O)CCCCOCC(CCO)C(CCO)CCCO)C1=O. The Bertz CT molecular complexity index is 567. The van der Waals surface area contributed by atoms with Crippen molar-refractivity contribution in [3.8, 4) is 0 Å². The van der Waals surface area contributed by atoms with E-state index in [-0.39, 0.29) is 80.5 Å². The van der Waals surface area contributed by atoms with Crippen molar-refractivity contribution in [2.24, 2.45) is 23.7 Å². The Kier molecular flexibility index (Phi) is 14.6. The summed E-state index contributed by atoms with van der Waals surface area (Å²) in [4.78, 5) is 37.7. The van der Waals surface area contributed by atoms with Crippen LogP contribution in [0.3, 0.4) is 0 Å². The molecule has 8 heteroatoms. The fourth-order valence-electron chi connectivity index (χ4n) is 4.34. The highest BCUT2D eigenvalue weighted by Gasteiger charge is 2.39. The van der Waals surface area contributed by atoms with Crippen LogP contribution in [0.25, 0.3) is 0 Å². The standard InChI is InChI=1S/C24H43NO7/c1-18(2)22-16-23(30)25(24(22)31)11-8-21(29)7-3-4-15-32-17-20(10-14-28)19(9-13-27)6-5-12-26/h18-20,22,26-28H,3-17H2,1-2H3. The number of imide groups is 1. The highest BCUT2D eigenvalue weighted by molar-refractivity contribution is 6.03. The maximum absolute atomic E-state index is 12.3. The Balaban J connectivity index is 2.25. The number of aliphatic hydroxyl groups excluding tert-OH is 3. The molecule has 0 aromatic carbocycles. The number of amides is 2. The van der Waals surface area contributed by atoms with Crippen LogP contribution in [0.4, 0.5) is 0 Å². The van der Waals surface area contributed by atoms with E-state index in [0.717, 1.165) is 12.8 Å². The van der Waals surface area contributed by atoms with Gasteiger partial charge in [0.2, 0.25) is 11.8 Å². The minimum absolute atomic E-state index is 0.0452. The van der Waals surface area contributed by atoms with Gasteiger partial charge in [-0.3, -0.25) is 19.3 Å². The summed E-state index contributed by atoms with van der Waals surface area (Å²) in [7, 11) is 0. The summed E-state index contributed by atoms with van der Waals surface area (Å²) in [6, 6.07) is 0. The summed E-state index contributed by atoms with van der Waals surface area (Å²) >= 11 is 0. The molecular formula is C24H43NO7. The average Bonchev–Trinajstić information content (AvgIpc) is 3.05. The number of hydrogen-bond donors (Lipinski definition) is 3. The quantitative estimate of drug-likeness (QED) is 0.200. The number of carbonyl (C=O) groups is 3. The van der Waals surface area contributed by atoms with E-state index in [2.05, 4.69) is 0 Å². The summed E-state index contributed by atoms with van der Waals surface area (Å²) in [5, 5.41) is 27.7. The zero-order valence-corrected chi connectivity index (χ0v) is 19.8. The third-order valence-electron chi connectivity index (χ3n) is 6.42.